The Bertz CT molecular complexity index is 570. The molecule has 0 fully saturated rings. The van der Waals surface area contributed by atoms with Crippen LogP contribution >= 0.6 is 0 Å². The van der Waals surface area contributed by atoms with Crippen LogP contribution in [0.25, 0.3) is 5.69 Å². The van der Waals surface area contributed by atoms with Crippen molar-refractivity contribution < 1.29 is 9.53 Å². The lowest BCUT2D eigenvalue weighted by Gasteiger charge is -2.12. The van der Waals surface area contributed by atoms with E-state index in [0.29, 0.717) is 5.56 Å². The van der Waals surface area contributed by atoms with E-state index >= 15 is 0 Å². The van der Waals surface area contributed by atoms with Crippen molar-refractivity contribution in [3.05, 3.63) is 53.3 Å². The first-order chi connectivity index (χ1) is 8.67. The Balaban J connectivity index is 2.49. The molecule has 0 saturated heterocycles. The van der Waals surface area contributed by atoms with Gasteiger partial charge in [-0.15, -0.1) is 0 Å². The number of esters is 1. The van der Waals surface area contributed by atoms with Gasteiger partial charge in [-0.25, -0.2) is 4.79 Å². The van der Waals surface area contributed by atoms with Crippen molar-refractivity contribution >= 4 is 5.97 Å². The van der Waals surface area contributed by atoms with Gasteiger partial charge in [-0.2, -0.15) is 0 Å². The molecule has 0 aliphatic rings. The summed E-state index contributed by atoms with van der Waals surface area (Å²) < 4.78 is 6.71. The summed E-state index contributed by atoms with van der Waals surface area (Å²) in [6, 6.07) is 8.02. The Morgan fingerprint density at radius 1 is 1.33 bits per heavy atom. The maximum absolute atomic E-state index is 11.5. The number of aromatic nitrogens is 1. The Kier molecular flexibility index (Phi) is 3.51. The third kappa shape index (κ3) is 2.16. The molecule has 0 radical (unpaired) electrons. The summed E-state index contributed by atoms with van der Waals surface area (Å²) in [6.07, 6.45) is 4.67. The zero-order valence-corrected chi connectivity index (χ0v) is 10.9. The lowest BCUT2D eigenvalue weighted by Crippen LogP contribution is -2.01. The predicted molar refractivity (Wildman–Crippen MR) is 71.2 cm³/mol. The topological polar surface area (TPSA) is 31.2 Å². The summed E-state index contributed by atoms with van der Waals surface area (Å²) in [5, 5.41) is 0. The second kappa shape index (κ2) is 5.08. The third-order valence-electron chi connectivity index (χ3n) is 3.07. The Labute approximate surface area is 107 Å². The molecule has 0 aliphatic heterocycles. The van der Waals surface area contributed by atoms with Crippen LogP contribution in [0, 0.1) is 6.92 Å². The molecule has 1 aromatic heterocycles. The number of rotatable bonds is 3. The number of nitrogens with zero attached hydrogens (tertiary/aromatic N) is 1. The van der Waals surface area contributed by atoms with Gasteiger partial charge in [0, 0.05) is 12.4 Å². The van der Waals surface area contributed by atoms with Crippen molar-refractivity contribution in [2.75, 3.05) is 7.11 Å². The van der Waals surface area contributed by atoms with Gasteiger partial charge in [-0.3, -0.25) is 0 Å². The molecular formula is C15H17NO2. The van der Waals surface area contributed by atoms with Crippen molar-refractivity contribution in [2.45, 2.75) is 20.3 Å². The highest BCUT2D eigenvalue weighted by molar-refractivity contribution is 5.89. The van der Waals surface area contributed by atoms with Crippen molar-refractivity contribution in [1.29, 1.82) is 0 Å². The maximum atomic E-state index is 11.5. The quantitative estimate of drug-likeness (QED) is 0.775. The first kappa shape index (κ1) is 12.4. The molecule has 0 N–H and O–H groups in total. The van der Waals surface area contributed by atoms with E-state index in [1.165, 1.54) is 18.2 Å². The van der Waals surface area contributed by atoms with Crippen LogP contribution in [-0.2, 0) is 11.2 Å². The normalized spacial score (nSPS) is 10.4. The molecule has 3 nitrogen and oxygen atoms in total. The first-order valence-electron chi connectivity index (χ1n) is 6.02. The molecular weight excluding hydrogens is 226 g/mol. The Morgan fingerprint density at radius 3 is 2.78 bits per heavy atom. The molecule has 1 heterocycles. The second-order valence-electron chi connectivity index (χ2n) is 4.24. The fraction of sp³-hybridized carbons (Fsp3) is 0.267. The van der Waals surface area contributed by atoms with Crippen LogP contribution in [0.4, 0.5) is 0 Å². The molecule has 3 heteroatoms. The number of methoxy groups -OCH3 is 1. The molecule has 0 atom stereocenters. The van der Waals surface area contributed by atoms with Gasteiger partial charge >= 0.3 is 5.97 Å². The highest BCUT2D eigenvalue weighted by Crippen LogP contribution is 2.21. The summed E-state index contributed by atoms with van der Waals surface area (Å²) in [7, 11) is 1.39. The van der Waals surface area contributed by atoms with Crippen LogP contribution in [-0.4, -0.2) is 17.6 Å². The van der Waals surface area contributed by atoms with Gasteiger partial charge in [0.15, 0.2) is 0 Å². The van der Waals surface area contributed by atoms with Crippen molar-refractivity contribution in [3.8, 4) is 5.69 Å². The first-order valence-corrected chi connectivity index (χ1v) is 6.02. The zero-order valence-electron chi connectivity index (χ0n) is 10.9. The van der Waals surface area contributed by atoms with Gasteiger partial charge in [-0.1, -0.05) is 25.1 Å². The maximum Gasteiger partial charge on any atom is 0.339 e. The minimum absolute atomic E-state index is 0.305. The van der Waals surface area contributed by atoms with E-state index in [2.05, 4.69) is 32.0 Å². The van der Waals surface area contributed by atoms with Gasteiger partial charge in [-0.05, 0) is 30.5 Å². The highest BCUT2D eigenvalue weighted by atomic mass is 16.5. The molecule has 18 heavy (non-hydrogen) atoms. The summed E-state index contributed by atoms with van der Waals surface area (Å²) in [6.45, 7) is 4.20. The van der Waals surface area contributed by atoms with E-state index in [1.54, 1.807) is 6.07 Å². The van der Waals surface area contributed by atoms with E-state index in [-0.39, 0.29) is 5.97 Å². The van der Waals surface area contributed by atoms with Gasteiger partial charge in [0.2, 0.25) is 0 Å². The molecule has 0 spiro atoms. The fourth-order valence-electron chi connectivity index (χ4n) is 2.15. The SMILES string of the molecule is CCc1cccc(C)c1-n1ccc(C(=O)OC)c1. The molecule has 0 unspecified atom stereocenters. The monoisotopic (exact) mass is 243 g/mol. The van der Waals surface area contributed by atoms with Crippen LogP contribution in [0.2, 0.25) is 0 Å². The smallest absolute Gasteiger partial charge is 0.339 e. The zero-order chi connectivity index (χ0) is 13.1. The summed E-state index contributed by atoms with van der Waals surface area (Å²) in [4.78, 5) is 11.5. The van der Waals surface area contributed by atoms with E-state index < -0.39 is 0 Å². The summed E-state index contributed by atoms with van der Waals surface area (Å²) in [5.74, 6) is -0.305. The van der Waals surface area contributed by atoms with Crippen LogP contribution in [0.3, 0.4) is 0 Å². The van der Waals surface area contributed by atoms with E-state index in [1.807, 2.05) is 17.0 Å². The molecule has 94 valence electrons. The molecule has 0 saturated carbocycles. The molecule has 0 aliphatic carbocycles. The number of carbonyl (C=O) groups excluding carboxylic acids is 1. The van der Waals surface area contributed by atoms with Crippen molar-refractivity contribution in [1.82, 2.24) is 4.57 Å². The molecule has 2 aromatic rings. The van der Waals surface area contributed by atoms with Crippen molar-refractivity contribution in [2.24, 2.45) is 0 Å². The largest absolute Gasteiger partial charge is 0.465 e. The van der Waals surface area contributed by atoms with E-state index in [4.69, 9.17) is 4.74 Å². The lowest BCUT2D eigenvalue weighted by molar-refractivity contribution is 0.0601. The number of aryl methyl sites for hydroxylation is 2. The average molecular weight is 243 g/mol. The number of benzene rings is 1. The van der Waals surface area contributed by atoms with E-state index in [9.17, 15) is 4.79 Å². The number of hydrogen-bond acceptors (Lipinski definition) is 2. The third-order valence-corrected chi connectivity index (χ3v) is 3.07. The van der Waals surface area contributed by atoms with Crippen LogP contribution in [0.1, 0.15) is 28.4 Å². The number of ether oxygens (including phenoxy) is 1. The number of hydrogen-bond donors (Lipinski definition) is 0. The van der Waals surface area contributed by atoms with Crippen LogP contribution in [0.15, 0.2) is 36.7 Å². The minimum Gasteiger partial charge on any atom is -0.465 e. The number of para-hydroxylation sites is 1. The molecule has 0 bridgehead atoms. The Hall–Kier alpha value is -2.03. The van der Waals surface area contributed by atoms with E-state index in [0.717, 1.165) is 12.1 Å². The second-order valence-corrected chi connectivity index (χ2v) is 4.24. The summed E-state index contributed by atoms with van der Waals surface area (Å²) in [5.41, 5.74) is 4.18. The minimum atomic E-state index is -0.305. The highest BCUT2D eigenvalue weighted by Gasteiger charge is 2.11. The summed E-state index contributed by atoms with van der Waals surface area (Å²) >= 11 is 0. The molecule has 0 amide bonds. The van der Waals surface area contributed by atoms with Gasteiger partial charge < -0.3 is 9.30 Å². The average Bonchev–Trinajstić information content (AvgIpc) is 2.86. The fourth-order valence-corrected chi connectivity index (χ4v) is 2.15. The van der Waals surface area contributed by atoms with Gasteiger partial charge in [0.25, 0.3) is 0 Å². The van der Waals surface area contributed by atoms with Crippen LogP contribution < -0.4 is 0 Å². The van der Waals surface area contributed by atoms with Crippen LogP contribution in [0.5, 0.6) is 0 Å². The number of carbonyl (C=O) groups is 1. The lowest BCUT2D eigenvalue weighted by atomic mass is 10.1. The molecule has 2 rings (SSSR count). The molecule has 1 aromatic carbocycles. The van der Waals surface area contributed by atoms with Gasteiger partial charge in [0.1, 0.15) is 0 Å². The van der Waals surface area contributed by atoms with Crippen molar-refractivity contribution in [3.63, 3.8) is 0 Å². The Morgan fingerprint density at radius 2 is 2.11 bits per heavy atom. The standard InChI is InChI=1S/C15H17NO2/c1-4-12-7-5-6-11(2)14(12)16-9-8-13(10-16)15(17)18-3/h5-10H,4H2,1-3H3. The predicted octanol–water partition coefficient (Wildman–Crippen LogP) is 3.13. The van der Waals surface area contributed by atoms with Gasteiger partial charge in [0.05, 0.1) is 18.4 Å².